The molecule has 0 heterocycles. The van der Waals surface area contributed by atoms with E-state index in [1.165, 1.54) is 4.90 Å². The number of nitrogens with two attached hydrogens (primary N) is 1. The molecule has 3 N–H and O–H groups in total. The summed E-state index contributed by atoms with van der Waals surface area (Å²) in [6.07, 6.45) is 0.131. The van der Waals surface area contributed by atoms with Crippen molar-refractivity contribution < 1.29 is 19.5 Å². The van der Waals surface area contributed by atoms with Crippen molar-refractivity contribution in [1.29, 1.82) is 0 Å². The second kappa shape index (κ2) is 6.65. The molecule has 1 amide bonds. The van der Waals surface area contributed by atoms with E-state index in [2.05, 4.69) is 0 Å². The van der Waals surface area contributed by atoms with Crippen LogP contribution in [0.5, 0.6) is 0 Å². The molecule has 0 radical (unpaired) electrons. The van der Waals surface area contributed by atoms with Gasteiger partial charge >= 0.3 is 5.97 Å². The molecule has 6 heteroatoms. The predicted octanol–water partition coefficient (Wildman–Crippen LogP) is 0.409. The van der Waals surface area contributed by atoms with Crippen LogP contribution < -0.4 is 10.6 Å². The minimum Gasteiger partial charge on any atom is -0.481 e. The average Bonchev–Trinajstić information content (AvgIpc) is 2.39. The number of carbonyl (C=O) groups is 3. The number of para-hydroxylation sites is 1. The highest BCUT2D eigenvalue weighted by molar-refractivity contribution is 6.01. The van der Waals surface area contributed by atoms with Gasteiger partial charge in [0, 0.05) is 5.69 Å². The molecular weight excluding hydrogens is 248 g/mol. The summed E-state index contributed by atoms with van der Waals surface area (Å²) in [6.45, 7) is 1.55. The van der Waals surface area contributed by atoms with Crippen LogP contribution in [0.25, 0.3) is 0 Å². The fourth-order valence-electron chi connectivity index (χ4n) is 1.67. The van der Waals surface area contributed by atoms with Crippen molar-refractivity contribution in [3.8, 4) is 0 Å². The molecule has 0 saturated carbocycles. The molecule has 0 bridgehead atoms. The second-order valence-corrected chi connectivity index (χ2v) is 4.12. The minimum absolute atomic E-state index is 0.478. The monoisotopic (exact) mass is 264 g/mol. The molecule has 19 heavy (non-hydrogen) atoms. The summed E-state index contributed by atoms with van der Waals surface area (Å²) in [5.41, 5.74) is 6.07. The Morgan fingerprint density at radius 3 is 2.42 bits per heavy atom. The van der Waals surface area contributed by atoms with Gasteiger partial charge in [0.25, 0.3) is 0 Å². The summed E-state index contributed by atoms with van der Waals surface area (Å²) in [7, 11) is 0. The molecule has 0 aliphatic heterocycles. The number of anilines is 1. The van der Waals surface area contributed by atoms with Gasteiger partial charge in [0.2, 0.25) is 5.91 Å². The molecule has 6 nitrogen and oxygen atoms in total. The number of hydrogen-bond acceptors (Lipinski definition) is 4. The van der Waals surface area contributed by atoms with Crippen LogP contribution in [0.15, 0.2) is 30.3 Å². The number of rotatable bonds is 6. The zero-order valence-corrected chi connectivity index (χ0v) is 10.5. The maximum absolute atomic E-state index is 12.2. The van der Waals surface area contributed by atoms with Gasteiger partial charge in [-0.15, -0.1) is 0 Å². The lowest BCUT2D eigenvalue weighted by atomic mass is 10.1. The zero-order valence-electron chi connectivity index (χ0n) is 10.5. The number of aldehydes is 1. The van der Waals surface area contributed by atoms with Crippen molar-refractivity contribution >= 4 is 23.9 Å². The van der Waals surface area contributed by atoms with Crippen molar-refractivity contribution in [2.75, 3.05) is 4.90 Å². The fourth-order valence-corrected chi connectivity index (χ4v) is 1.67. The van der Waals surface area contributed by atoms with Gasteiger partial charge in [-0.1, -0.05) is 18.2 Å². The molecule has 0 aliphatic rings. The average molecular weight is 264 g/mol. The van der Waals surface area contributed by atoms with E-state index in [0.717, 1.165) is 0 Å². The highest BCUT2D eigenvalue weighted by Gasteiger charge is 2.27. The lowest BCUT2D eigenvalue weighted by Crippen LogP contribution is -2.49. The maximum Gasteiger partial charge on any atom is 0.305 e. The van der Waals surface area contributed by atoms with Crippen molar-refractivity contribution in [3.05, 3.63) is 30.3 Å². The summed E-state index contributed by atoms with van der Waals surface area (Å²) in [6, 6.07) is 6.63. The molecule has 0 unspecified atom stereocenters. The molecule has 0 fully saturated rings. The first-order valence-corrected chi connectivity index (χ1v) is 5.78. The van der Waals surface area contributed by atoms with E-state index in [1.807, 2.05) is 0 Å². The highest BCUT2D eigenvalue weighted by Crippen LogP contribution is 2.17. The molecule has 1 rings (SSSR count). The van der Waals surface area contributed by atoms with Gasteiger partial charge in [-0.2, -0.15) is 0 Å². The van der Waals surface area contributed by atoms with E-state index in [4.69, 9.17) is 10.8 Å². The fraction of sp³-hybridized carbons (Fsp3) is 0.308. The third-order valence-corrected chi connectivity index (χ3v) is 2.59. The van der Waals surface area contributed by atoms with Gasteiger partial charge in [0.15, 0.2) is 0 Å². The van der Waals surface area contributed by atoms with Gasteiger partial charge in [0.05, 0.1) is 18.5 Å². The Kier molecular flexibility index (Phi) is 5.20. The van der Waals surface area contributed by atoms with Crippen LogP contribution in [0.2, 0.25) is 0 Å². The first-order chi connectivity index (χ1) is 8.97. The minimum atomic E-state index is -1.18. The van der Waals surface area contributed by atoms with Crippen LogP contribution >= 0.6 is 0 Å². The van der Waals surface area contributed by atoms with Crippen LogP contribution in [-0.4, -0.2) is 35.4 Å². The molecule has 1 aromatic rings. The Balaban J connectivity index is 3.01. The van der Waals surface area contributed by atoms with Crippen LogP contribution in [0.4, 0.5) is 5.69 Å². The van der Waals surface area contributed by atoms with Crippen molar-refractivity contribution in [2.24, 2.45) is 5.73 Å². The van der Waals surface area contributed by atoms with E-state index in [0.29, 0.717) is 12.0 Å². The Morgan fingerprint density at radius 2 is 1.95 bits per heavy atom. The molecule has 2 atom stereocenters. The van der Waals surface area contributed by atoms with Gasteiger partial charge < -0.3 is 20.5 Å². The third kappa shape index (κ3) is 3.89. The number of carboxylic acid groups (broad SMARTS) is 1. The van der Waals surface area contributed by atoms with E-state index in [9.17, 15) is 14.4 Å². The summed E-state index contributed by atoms with van der Waals surface area (Å²) < 4.78 is 0. The second-order valence-electron chi connectivity index (χ2n) is 4.12. The molecule has 1 aromatic carbocycles. The summed E-state index contributed by atoms with van der Waals surface area (Å²) in [5.74, 6) is -1.75. The number of carboxylic acids is 1. The highest BCUT2D eigenvalue weighted by atomic mass is 16.4. The van der Waals surface area contributed by atoms with Gasteiger partial charge in [-0.25, -0.2) is 0 Å². The van der Waals surface area contributed by atoms with Crippen molar-refractivity contribution in [1.82, 2.24) is 0 Å². The van der Waals surface area contributed by atoms with Crippen LogP contribution in [0, 0.1) is 0 Å². The topological polar surface area (TPSA) is 101 Å². The van der Waals surface area contributed by atoms with Gasteiger partial charge in [0.1, 0.15) is 6.29 Å². The molecule has 102 valence electrons. The van der Waals surface area contributed by atoms with E-state index < -0.39 is 30.4 Å². The summed E-state index contributed by atoms with van der Waals surface area (Å²) in [4.78, 5) is 34.9. The van der Waals surface area contributed by atoms with Gasteiger partial charge in [-0.3, -0.25) is 9.59 Å². The maximum atomic E-state index is 12.2. The van der Waals surface area contributed by atoms with Crippen molar-refractivity contribution in [3.63, 3.8) is 0 Å². The lowest BCUT2D eigenvalue weighted by Gasteiger charge is -2.28. The molecule has 0 spiro atoms. The molecule has 0 aromatic heterocycles. The zero-order chi connectivity index (χ0) is 14.4. The molecule has 0 aliphatic carbocycles. The van der Waals surface area contributed by atoms with Crippen LogP contribution in [-0.2, 0) is 14.4 Å². The number of nitrogens with zero attached hydrogens (tertiary/aromatic N) is 1. The normalized spacial score (nSPS) is 13.4. The van der Waals surface area contributed by atoms with Crippen LogP contribution in [0.3, 0.4) is 0 Å². The van der Waals surface area contributed by atoms with E-state index in [-0.39, 0.29) is 0 Å². The Morgan fingerprint density at radius 1 is 1.37 bits per heavy atom. The number of carbonyl (C=O) groups excluding carboxylic acids is 2. The van der Waals surface area contributed by atoms with E-state index >= 15 is 0 Å². The number of aliphatic carboxylic acids is 1. The summed E-state index contributed by atoms with van der Waals surface area (Å²) in [5, 5.41) is 8.66. The summed E-state index contributed by atoms with van der Waals surface area (Å²) >= 11 is 0. The van der Waals surface area contributed by atoms with Crippen molar-refractivity contribution in [2.45, 2.75) is 25.4 Å². The van der Waals surface area contributed by atoms with Gasteiger partial charge in [-0.05, 0) is 19.1 Å². The van der Waals surface area contributed by atoms with E-state index in [1.54, 1.807) is 37.3 Å². The number of benzene rings is 1. The number of amides is 1. The molecule has 0 saturated heterocycles. The Bertz CT molecular complexity index is 461. The quantitative estimate of drug-likeness (QED) is 0.725. The Labute approximate surface area is 110 Å². The lowest BCUT2D eigenvalue weighted by molar-refractivity contribution is -0.139. The third-order valence-electron chi connectivity index (χ3n) is 2.59. The SMILES string of the molecule is C[C@@H](C=O)N(C(=O)[C@@H](N)CC(=O)O)c1ccccc1. The Hall–Kier alpha value is -2.21. The number of hydrogen-bond donors (Lipinski definition) is 2. The first-order valence-electron chi connectivity index (χ1n) is 5.78. The van der Waals surface area contributed by atoms with Crippen LogP contribution in [0.1, 0.15) is 13.3 Å². The largest absolute Gasteiger partial charge is 0.481 e. The predicted molar refractivity (Wildman–Crippen MR) is 69.7 cm³/mol. The molecular formula is C13H16N2O4. The smallest absolute Gasteiger partial charge is 0.305 e. The first kappa shape index (κ1) is 14.8. The standard InChI is InChI=1S/C13H16N2O4/c1-9(8-16)15(10-5-3-2-4-6-10)13(19)11(14)7-12(17)18/h2-6,8-9,11H,7,14H2,1H3,(H,17,18)/t9-,11-/m0/s1.